The van der Waals surface area contributed by atoms with Crippen LogP contribution >= 0.6 is 0 Å². The number of nitrogens with zero attached hydrogens (tertiary/aromatic N) is 1. The highest BCUT2D eigenvalue weighted by atomic mass is 16.5. The minimum Gasteiger partial charge on any atom is -0.394 e. The van der Waals surface area contributed by atoms with Crippen LogP contribution in [0.5, 0.6) is 0 Å². The first-order valence-electron chi connectivity index (χ1n) is 5.31. The first-order valence-corrected chi connectivity index (χ1v) is 5.31. The van der Waals surface area contributed by atoms with Gasteiger partial charge in [-0.1, -0.05) is 0 Å². The van der Waals surface area contributed by atoms with E-state index >= 15 is 0 Å². The standard InChI is InChI=1S/C10H22N2O2/c1-14-7-3-6-12-5-2-4-10(11,8-12)9-13/h13H,2-9,11H2,1H3. The highest BCUT2D eigenvalue weighted by Gasteiger charge is 2.30. The maximum absolute atomic E-state index is 9.16. The van der Waals surface area contributed by atoms with Crippen molar-refractivity contribution >= 4 is 0 Å². The zero-order valence-electron chi connectivity index (χ0n) is 9.04. The van der Waals surface area contributed by atoms with E-state index in [1.54, 1.807) is 7.11 Å². The molecule has 0 aliphatic carbocycles. The second-order valence-corrected chi connectivity index (χ2v) is 4.25. The van der Waals surface area contributed by atoms with Gasteiger partial charge < -0.3 is 20.5 Å². The zero-order chi connectivity index (χ0) is 10.4. The van der Waals surface area contributed by atoms with Gasteiger partial charge in [-0.15, -0.1) is 0 Å². The minimum atomic E-state index is -0.370. The molecule has 84 valence electrons. The van der Waals surface area contributed by atoms with E-state index < -0.39 is 0 Å². The van der Waals surface area contributed by atoms with Gasteiger partial charge in [0.15, 0.2) is 0 Å². The second-order valence-electron chi connectivity index (χ2n) is 4.25. The molecule has 1 atom stereocenters. The molecule has 0 aromatic heterocycles. The lowest BCUT2D eigenvalue weighted by atomic mass is 9.91. The van der Waals surface area contributed by atoms with Gasteiger partial charge in [0, 0.05) is 26.8 Å². The van der Waals surface area contributed by atoms with Crippen molar-refractivity contribution in [2.45, 2.75) is 24.8 Å². The Bertz CT molecular complexity index is 166. The van der Waals surface area contributed by atoms with Crippen molar-refractivity contribution in [3.8, 4) is 0 Å². The molecule has 0 aromatic carbocycles. The summed E-state index contributed by atoms with van der Waals surface area (Å²) in [5, 5.41) is 9.16. The van der Waals surface area contributed by atoms with E-state index in [2.05, 4.69) is 4.90 Å². The third-order valence-electron chi connectivity index (χ3n) is 2.83. The summed E-state index contributed by atoms with van der Waals surface area (Å²) in [6.45, 7) is 3.82. The summed E-state index contributed by atoms with van der Waals surface area (Å²) in [4.78, 5) is 2.32. The van der Waals surface area contributed by atoms with Gasteiger partial charge in [-0.2, -0.15) is 0 Å². The number of hydrogen-bond acceptors (Lipinski definition) is 4. The lowest BCUT2D eigenvalue weighted by Crippen LogP contribution is -2.56. The van der Waals surface area contributed by atoms with Crippen LogP contribution < -0.4 is 5.73 Å². The van der Waals surface area contributed by atoms with Gasteiger partial charge in [-0.05, 0) is 25.8 Å². The number of nitrogens with two attached hydrogens (primary N) is 1. The third-order valence-corrected chi connectivity index (χ3v) is 2.83. The SMILES string of the molecule is COCCCN1CCCC(N)(CO)C1. The summed E-state index contributed by atoms with van der Waals surface area (Å²) in [7, 11) is 1.72. The van der Waals surface area contributed by atoms with Crippen LogP contribution in [0.1, 0.15) is 19.3 Å². The average Bonchev–Trinajstić information content (AvgIpc) is 2.19. The Morgan fingerprint density at radius 1 is 1.57 bits per heavy atom. The molecule has 0 radical (unpaired) electrons. The van der Waals surface area contributed by atoms with E-state index in [1.165, 1.54) is 0 Å². The summed E-state index contributed by atoms with van der Waals surface area (Å²) in [5.41, 5.74) is 5.66. The van der Waals surface area contributed by atoms with Gasteiger partial charge >= 0.3 is 0 Å². The van der Waals surface area contributed by atoms with E-state index in [-0.39, 0.29) is 12.1 Å². The molecule has 0 spiro atoms. The normalized spacial score (nSPS) is 29.4. The van der Waals surface area contributed by atoms with Crippen molar-refractivity contribution in [3.05, 3.63) is 0 Å². The van der Waals surface area contributed by atoms with Crippen LogP contribution in [-0.2, 0) is 4.74 Å². The maximum atomic E-state index is 9.16. The summed E-state index contributed by atoms with van der Waals surface area (Å²) < 4.78 is 5.00. The van der Waals surface area contributed by atoms with Crippen LogP contribution in [-0.4, -0.2) is 55.5 Å². The summed E-state index contributed by atoms with van der Waals surface area (Å²) >= 11 is 0. The molecule has 1 fully saturated rings. The number of aliphatic hydroxyl groups is 1. The lowest BCUT2D eigenvalue weighted by Gasteiger charge is -2.39. The molecule has 0 aromatic rings. The predicted molar refractivity (Wildman–Crippen MR) is 56.2 cm³/mol. The molecule has 0 amide bonds. The zero-order valence-corrected chi connectivity index (χ0v) is 9.04. The molecule has 4 nitrogen and oxygen atoms in total. The van der Waals surface area contributed by atoms with Gasteiger partial charge in [0.25, 0.3) is 0 Å². The fraction of sp³-hybridized carbons (Fsp3) is 1.00. The molecule has 1 aliphatic heterocycles. The monoisotopic (exact) mass is 202 g/mol. The number of aliphatic hydroxyl groups excluding tert-OH is 1. The second kappa shape index (κ2) is 5.66. The number of hydrogen-bond donors (Lipinski definition) is 2. The smallest absolute Gasteiger partial charge is 0.0623 e. The van der Waals surface area contributed by atoms with Crippen molar-refractivity contribution in [1.29, 1.82) is 0 Å². The summed E-state index contributed by atoms with van der Waals surface area (Å²) in [6.07, 6.45) is 3.06. The number of likely N-dealkylation sites (tertiary alicyclic amines) is 1. The Labute approximate surface area is 86.0 Å². The predicted octanol–water partition coefficient (Wildman–Crippen LogP) is -0.191. The van der Waals surface area contributed by atoms with Crippen molar-refractivity contribution in [2.75, 3.05) is 40.0 Å². The molecule has 3 N–H and O–H groups in total. The van der Waals surface area contributed by atoms with Gasteiger partial charge in [-0.3, -0.25) is 0 Å². The third kappa shape index (κ3) is 3.53. The first-order chi connectivity index (χ1) is 6.70. The van der Waals surface area contributed by atoms with Crippen molar-refractivity contribution in [3.63, 3.8) is 0 Å². The Hall–Kier alpha value is -0.160. The van der Waals surface area contributed by atoms with Gasteiger partial charge in [-0.25, -0.2) is 0 Å². The Kier molecular flexibility index (Phi) is 4.81. The highest BCUT2D eigenvalue weighted by Crippen LogP contribution is 2.18. The van der Waals surface area contributed by atoms with Crippen LogP contribution in [0.2, 0.25) is 0 Å². The molecular weight excluding hydrogens is 180 g/mol. The maximum Gasteiger partial charge on any atom is 0.0623 e. The molecule has 0 bridgehead atoms. The molecule has 1 heterocycles. The molecule has 4 heteroatoms. The Balaban J connectivity index is 2.25. The van der Waals surface area contributed by atoms with E-state index in [0.29, 0.717) is 0 Å². The number of methoxy groups -OCH3 is 1. The van der Waals surface area contributed by atoms with Crippen molar-refractivity contribution in [2.24, 2.45) is 5.73 Å². The molecule has 1 aliphatic rings. The first kappa shape index (κ1) is 11.9. The van der Waals surface area contributed by atoms with E-state index in [0.717, 1.165) is 45.5 Å². The van der Waals surface area contributed by atoms with E-state index in [4.69, 9.17) is 15.6 Å². The molecule has 1 unspecified atom stereocenters. The van der Waals surface area contributed by atoms with E-state index in [1.807, 2.05) is 0 Å². The fourth-order valence-electron chi connectivity index (χ4n) is 2.01. The van der Waals surface area contributed by atoms with Gasteiger partial charge in [0.05, 0.1) is 12.1 Å². The molecule has 1 rings (SSSR count). The Morgan fingerprint density at radius 3 is 3.00 bits per heavy atom. The topological polar surface area (TPSA) is 58.7 Å². The van der Waals surface area contributed by atoms with Crippen LogP contribution in [0.25, 0.3) is 0 Å². The lowest BCUT2D eigenvalue weighted by molar-refractivity contribution is 0.0864. The summed E-state index contributed by atoms with van der Waals surface area (Å²) in [5.74, 6) is 0. The largest absolute Gasteiger partial charge is 0.394 e. The van der Waals surface area contributed by atoms with Crippen LogP contribution in [0, 0.1) is 0 Å². The number of piperidine rings is 1. The quantitative estimate of drug-likeness (QED) is 0.607. The molecule has 0 saturated carbocycles. The molecule has 14 heavy (non-hydrogen) atoms. The average molecular weight is 202 g/mol. The Morgan fingerprint density at radius 2 is 2.36 bits per heavy atom. The molecular formula is C10H22N2O2. The van der Waals surface area contributed by atoms with Crippen LogP contribution in [0.3, 0.4) is 0 Å². The van der Waals surface area contributed by atoms with Crippen molar-refractivity contribution in [1.82, 2.24) is 4.90 Å². The van der Waals surface area contributed by atoms with Gasteiger partial charge in [0.1, 0.15) is 0 Å². The molecule has 1 saturated heterocycles. The number of rotatable bonds is 5. The van der Waals surface area contributed by atoms with Gasteiger partial charge in [0.2, 0.25) is 0 Å². The summed E-state index contributed by atoms with van der Waals surface area (Å²) in [6, 6.07) is 0. The highest BCUT2D eigenvalue weighted by molar-refractivity contribution is 4.90. The van der Waals surface area contributed by atoms with Crippen LogP contribution in [0.15, 0.2) is 0 Å². The minimum absolute atomic E-state index is 0.0910. The van der Waals surface area contributed by atoms with Crippen LogP contribution in [0.4, 0.5) is 0 Å². The number of ether oxygens (including phenoxy) is 1. The van der Waals surface area contributed by atoms with E-state index in [9.17, 15) is 0 Å². The fourth-order valence-corrected chi connectivity index (χ4v) is 2.01. The van der Waals surface area contributed by atoms with Crippen molar-refractivity contribution < 1.29 is 9.84 Å².